The number of nitrogens with one attached hydrogen (secondary N) is 1. The van der Waals surface area contributed by atoms with Crippen LogP contribution in [-0.4, -0.2) is 60.7 Å². The maximum atomic E-state index is 5.51. The Morgan fingerprint density at radius 3 is 2.64 bits per heavy atom. The van der Waals surface area contributed by atoms with Crippen LogP contribution in [0.1, 0.15) is 5.56 Å². The van der Waals surface area contributed by atoms with Crippen molar-refractivity contribution < 1.29 is 0 Å². The van der Waals surface area contributed by atoms with E-state index in [0.717, 1.165) is 38.5 Å². The Hall–Kier alpha value is -2.44. The number of rotatable bonds is 7. The van der Waals surface area contributed by atoms with Crippen molar-refractivity contribution in [1.29, 1.82) is 0 Å². The molecule has 6 heteroatoms. The summed E-state index contributed by atoms with van der Waals surface area (Å²) >= 11 is 0. The molecule has 1 aromatic heterocycles. The van der Waals surface area contributed by atoms with Crippen molar-refractivity contribution in [3.8, 4) is 0 Å². The highest BCUT2D eigenvalue weighted by Gasteiger charge is 2.17. The van der Waals surface area contributed by atoms with Crippen LogP contribution in [-0.2, 0) is 0 Å². The van der Waals surface area contributed by atoms with Gasteiger partial charge in [0.1, 0.15) is 5.82 Å². The summed E-state index contributed by atoms with van der Waals surface area (Å²) in [5, 5.41) is 3.13. The minimum absolute atomic E-state index is 0.572. The lowest BCUT2D eigenvalue weighted by Gasteiger charge is -2.34. The second kappa shape index (κ2) is 9.15. The molecule has 3 rings (SSSR count). The molecule has 0 unspecified atom stereocenters. The van der Waals surface area contributed by atoms with Crippen molar-refractivity contribution in [3.05, 3.63) is 54.2 Å². The number of nitrogens with two attached hydrogens (primary N) is 1. The molecule has 1 fully saturated rings. The summed E-state index contributed by atoms with van der Waals surface area (Å²) in [6, 6.07) is 12.4. The first-order valence-corrected chi connectivity index (χ1v) is 8.81. The largest absolute Gasteiger partial charge is 0.354 e. The van der Waals surface area contributed by atoms with Gasteiger partial charge in [-0.15, -0.1) is 0 Å². The average Bonchev–Trinajstić information content (AvgIpc) is 2.68. The van der Waals surface area contributed by atoms with Crippen LogP contribution in [0.15, 0.2) is 48.7 Å². The lowest BCUT2D eigenvalue weighted by molar-refractivity contribution is 0.283. The maximum absolute atomic E-state index is 5.51. The molecule has 0 bridgehead atoms. The summed E-state index contributed by atoms with van der Waals surface area (Å²) in [4.78, 5) is 13.6. The van der Waals surface area contributed by atoms with Gasteiger partial charge in [0.2, 0.25) is 5.95 Å². The third-order valence-electron chi connectivity index (χ3n) is 4.24. The zero-order valence-corrected chi connectivity index (χ0v) is 14.5. The molecular formula is C19H26N6. The van der Waals surface area contributed by atoms with E-state index in [1.165, 1.54) is 5.56 Å². The normalized spacial score (nSPS) is 15.6. The summed E-state index contributed by atoms with van der Waals surface area (Å²) < 4.78 is 0. The fraction of sp³-hybridized carbons (Fsp3) is 0.368. The number of nitrogens with zero attached hydrogens (tertiary/aromatic N) is 4. The summed E-state index contributed by atoms with van der Waals surface area (Å²) in [5.74, 6) is 1.63. The number of hydrogen-bond donors (Lipinski definition) is 2. The molecule has 0 amide bonds. The first kappa shape index (κ1) is 17.4. The Bertz CT molecular complexity index is 665. The molecule has 1 aromatic carbocycles. The molecule has 6 nitrogen and oxygen atoms in total. The number of hydrogen-bond acceptors (Lipinski definition) is 6. The smallest absolute Gasteiger partial charge is 0.224 e. The molecule has 0 radical (unpaired) electrons. The lowest BCUT2D eigenvalue weighted by Crippen LogP contribution is -2.46. The number of piperazine rings is 1. The van der Waals surface area contributed by atoms with Gasteiger partial charge in [0.25, 0.3) is 0 Å². The molecule has 3 N–H and O–H groups in total. The van der Waals surface area contributed by atoms with E-state index in [4.69, 9.17) is 5.73 Å². The molecule has 0 spiro atoms. The van der Waals surface area contributed by atoms with Crippen LogP contribution in [0.2, 0.25) is 0 Å². The zero-order chi connectivity index (χ0) is 17.3. The van der Waals surface area contributed by atoms with Crippen molar-refractivity contribution in [2.75, 3.05) is 56.0 Å². The second-order valence-electron chi connectivity index (χ2n) is 6.05. The van der Waals surface area contributed by atoms with Gasteiger partial charge in [0, 0.05) is 52.0 Å². The van der Waals surface area contributed by atoms with E-state index in [-0.39, 0.29) is 0 Å². The highest BCUT2D eigenvalue weighted by atomic mass is 15.3. The molecule has 25 heavy (non-hydrogen) atoms. The van der Waals surface area contributed by atoms with Gasteiger partial charge in [-0.3, -0.25) is 4.90 Å². The van der Waals surface area contributed by atoms with Crippen molar-refractivity contribution >= 4 is 17.8 Å². The van der Waals surface area contributed by atoms with Crippen LogP contribution < -0.4 is 16.0 Å². The summed E-state index contributed by atoms with van der Waals surface area (Å²) in [6.45, 7) is 6.27. The lowest BCUT2D eigenvalue weighted by atomic mass is 10.2. The predicted molar refractivity (Wildman–Crippen MR) is 104 cm³/mol. The average molecular weight is 338 g/mol. The Balaban J connectivity index is 1.48. The quantitative estimate of drug-likeness (QED) is 0.800. The number of benzene rings is 1. The zero-order valence-electron chi connectivity index (χ0n) is 14.5. The van der Waals surface area contributed by atoms with E-state index in [9.17, 15) is 0 Å². The fourth-order valence-electron chi connectivity index (χ4n) is 2.86. The van der Waals surface area contributed by atoms with Gasteiger partial charge in [-0.25, -0.2) is 4.98 Å². The summed E-state index contributed by atoms with van der Waals surface area (Å²) in [5.41, 5.74) is 6.76. The second-order valence-corrected chi connectivity index (χ2v) is 6.05. The predicted octanol–water partition coefficient (Wildman–Crippen LogP) is 1.68. The summed E-state index contributed by atoms with van der Waals surface area (Å²) in [6.07, 6.45) is 6.23. The third-order valence-corrected chi connectivity index (χ3v) is 4.24. The van der Waals surface area contributed by atoms with Crippen molar-refractivity contribution in [2.45, 2.75) is 0 Å². The molecule has 2 aromatic rings. The van der Waals surface area contributed by atoms with Crippen LogP contribution >= 0.6 is 0 Å². The minimum atomic E-state index is 0.572. The topological polar surface area (TPSA) is 70.3 Å². The van der Waals surface area contributed by atoms with Gasteiger partial charge < -0.3 is 16.0 Å². The van der Waals surface area contributed by atoms with Crippen LogP contribution in [0.25, 0.3) is 6.08 Å². The molecule has 0 saturated carbocycles. The SMILES string of the molecule is NCCNc1nccc(N2CCN(CC=Cc3ccccc3)CC2)n1. The highest BCUT2D eigenvalue weighted by molar-refractivity contribution is 5.49. The van der Waals surface area contributed by atoms with Crippen molar-refractivity contribution in [3.63, 3.8) is 0 Å². The van der Waals surface area contributed by atoms with Gasteiger partial charge >= 0.3 is 0 Å². The fourth-order valence-corrected chi connectivity index (χ4v) is 2.86. The Morgan fingerprint density at radius 1 is 1.08 bits per heavy atom. The van der Waals surface area contributed by atoms with Gasteiger partial charge in [-0.2, -0.15) is 4.98 Å². The molecule has 1 aliphatic rings. The molecule has 1 saturated heterocycles. The third kappa shape index (κ3) is 5.27. The summed E-state index contributed by atoms with van der Waals surface area (Å²) in [7, 11) is 0. The standard InChI is InChI=1S/C19H26N6/c20-9-11-22-19-21-10-8-18(23-19)25-15-13-24(14-16-25)12-4-7-17-5-2-1-3-6-17/h1-8,10H,9,11-16,20H2,(H,21,22,23). The van der Waals surface area contributed by atoms with Crippen LogP contribution in [0.5, 0.6) is 0 Å². The monoisotopic (exact) mass is 338 g/mol. The first-order valence-electron chi connectivity index (χ1n) is 8.81. The van der Waals surface area contributed by atoms with E-state index in [1.807, 2.05) is 12.1 Å². The van der Waals surface area contributed by atoms with Gasteiger partial charge in [0.05, 0.1) is 0 Å². The Kier molecular flexibility index (Phi) is 6.36. The van der Waals surface area contributed by atoms with Gasteiger partial charge in [0.15, 0.2) is 0 Å². The van der Waals surface area contributed by atoms with E-state index >= 15 is 0 Å². The first-order chi connectivity index (χ1) is 12.3. The van der Waals surface area contributed by atoms with Crippen LogP contribution in [0.3, 0.4) is 0 Å². The van der Waals surface area contributed by atoms with Crippen LogP contribution in [0, 0.1) is 0 Å². The Labute approximate surface area is 149 Å². The van der Waals surface area contributed by atoms with E-state index < -0.39 is 0 Å². The Morgan fingerprint density at radius 2 is 1.88 bits per heavy atom. The van der Waals surface area contributed by atoms with Crippen molar-refractivity contribution in [2.24, 2.45) is 5.73 Å². The van der Waals surface area contributed by atoms with E-state index in [1.54, 1.807) is 6.20 Å². The number of anilines is 2. The molecule has 0 atom stereocenters. The number of aromatic nitrogens is 2. The van der Waals surface area contributed by atoms with Crippen LogP contribution in [0.4, 0.5) is 11.8 Å². The molecule has 1 aliphatic heterocycles. The molecule has 2 heterocycles. The van der Waals surface area contributed by atoms with Gasteiger partial charge in [-0.1, -0.05) is 42.5 Å². The molecular weight excluding hydrogens is 312 g/mol. The molecule has 0 aliphatic carbocycles. The molecule has 132 valence electrons. The van der Waals surface area contributed by atoms with E-state index in [2.05, 4.69) is 61.5 Å². The van der Waals surface area contributed by atoms with Gasteiger partial charge in [-0.05, 0) is 11.6 Å². The maximum Gasteiger partial charge on any atom is 0.224 e. The van der Waals surface area contributed by atoms with E-state index in [0.29, 0.717) is 19.0 Å². The van der Waals surface area contributed by atoms with Crippen molar-refractivity contribution in [1.82, 2.24) is 14.9 Å². The minimum Gasteiger partial charge on any atom is -0.354 e. The highest BCUT2D eigenvalue weighted by Crippen LogP contribution is 2.14.